The number of benzene rings is 6. The Bertz CT molecular complexity index is 1540. The van der Waals surface area contributed by atoms with Gasteiger partial charge in [-0.15, -0.1) is 0 Å². The fraction of sp³-hybridized carbons (Fsp3) is 0.0769. The molecule has 0 N–H and O–H groups in total. The van der Waals surface area contributed by atoms with E-state index in [1.807, 2.05) is 0 Å². The first-order chi connectivity index (χ1) is 19.6. The van der Waals surface area contributed by atoms with E-state index in [-0.39, 0.29) is 0 Å². The summed E-state index contributed by atoms with van der Waals surface area (Å²) in [5.41, 5.74) is 14.7. The highest BCUT2D eigenvalue weighted by atomic mass is 15.1. The molecule has 0 bridgehead atoms. The Morgan fingerprint density at radius 3 is 0.850 bits per heavy atom. The Kier molecular flexibility index (Phi) is 7.04. The Hall–Kier alpha value is -4.88. The lowest BCUT2D eigenvalue weighted by Crippen LogP contribution is -2.15. The second kappa shape index (κ2) is 11.1. The van der Waals surface area contributed by atoms with Gasteiger partial charge in [0.05, 0.1) is 0 Å². The van der Waals surface area contributed by atoms with Gasteiger partial charge in [0.2, 0.25) is 0 Å². The van der Waals surface area contributed by atoms with E-state index in [9.17, 15) is 0 Å². The van der Waals surface area contributed by atoms with Gasteiger partial charge < -0.3 is 4.90 Å². The first kappa shape index (κ1) is 25.4. The summed E-state index contributed by atoms with van der Waals surface area (Å²) in [4.78, 5) is 2.46. The van der Waals surface area contributed by atoms with Gasteiger partial charge in [0.25, 0.3) is 0 Å². The molecule has 0 radical (unpaired) electrons. The van der Waals surface area contributed by atoms with Crippen LogP contribution in [0.4, 0.5) is 17.1 Å². The highest BCUT2D eigenvalue weighted by Gasteiger charge is 2.22. The molecule has 40 heavy (non-hydrogen) atoms. The molecular formula is C39H33N. The quantitative estimate of drug-likeness (QED) is 0.213. The summed E-state index contributed by atoms with van der Waals surface area (Å²) in [6, 6.07) is 52.1. The largest absolute Gasteiger partial charge is 0.310 e. The van der Waals surface area contributed by atoms with Crippen LogP contribution in [0, 0.1) is 20.8 Å². The lowest BCUT2D eigenvalue weighted by atomic mass is 9.94. The van der Waals surface area contributed by atoms with Gasteiger partial charge in [0.15, 0.2) is 0 Å². The molecule has 1 nitrogen and oxygen atoms in total. The average molecular weight is 516 g/mol. The lowest BCUT2D eigenvalue weighted by Gasteiger charge is -2.32. The van der Waals surface area contributed by atoms with Crippen molar-refractivity contribution >= 4 is 17.1 Å². The smallest absolute Gasteiger partial charge is 0.0497 e. The van der Waals surface area contributed by atoms with E-state index in [1.165, 1.54) is 67.1 Å². The van der Waals surface area contributed by atoms with E-state index in [1.54, 1.807) is 0 Å². The molecule has 6 rings (SSSR count). The van der Waals surface area contributed by atoms with Crippen molar-refractivity contribution < 1.29 is 0 Å². The van der Waals surface area contributed by atoms with Crippen LogP contribution < -0.4 is 4.90 Å². The summed E-state index contributed by atoms with van der Waals surface area (Å²) >= 11 is 0. The van der Waals surface area contributed by atoms with Gasteiger partial charge >= 0.3 is 0 Å². The zero-order chi connectivity index (χ0) is 27.5. The maximum atomic E-state index is 2.46. The molecule has 0 fully saturated rings. The number of hydrogen-bond acceptors (Lipinski definition) is 1. The summed E-state index contributed by atoms with van der Waals surface area (Å²) in [7, 11) is 0. The zero-order valence-corrected chi connectivity index (χ0v) is 23.3. The van der Waals surface area contributed by atoms with Crippen LogP contribution in [0.3, 0.4) is 0 Å². The monoisotopic (exact) mass is 515 g/mol. The minimum atomic E-state index is 1.18. The van der Waals surface area contributed by atoms with Crippen LogP contribution in [-0.4, -0.2) is 0 Å². The van der Waals surface area contributed by atoms with Crippen molar-refractivity contribution in [3.8, 4) is 33.4 Å². The standard InChI is InChI=1S/C39H33N/c1-28-34(31-16-7-4-8-17-31)22-13-25-37(28)40(38-26-14-23-35(29(38)2)32-18-9-5-10-19-32)39-27-15-24-36(30(39)3)33-20-11-6-12-21-33/h4-27H,1-3H3. The molecule has 0 saturated carbocycles. The van der Waals surface area contributed by atoms with Crippen molar-refractivity contribution in [3.63, 3.8) is 0 Å². The van der Waals surface area contributed by atoms with Crippen molar-refractivity contribution in [1.82, 2.24) is 0 Å². The maximum Gasteiger partial charge on any atom is 0.0497 e. The Morgan fingerprint density at radius 2 is 0.575 bits per heavy atom. The third-order valence-corrected chi connectivity index (χ3v) is 7.89. The van der Waals surface area contributed by atoms with Crippen LogP contribution in [0.5, 0.6) is 0 Å². The fourth-order valence-electron chi connectivity index (χ4n) is 5.78. The maximum absolute atomic E-state index is 2.46. The molecule has 0 amide bonds. The molecule has 6 aromatic rings. The molecule has 0 aliphatic heterocycles. The van der Waals surface area contributed by atoms with Crippen LogP contribution >= 0.6 is 0 Å². The molecular weight excluding hydrogens is 482 g/mol. The predicted octanol–water partition coefficient (Wildman–Crippen LogP) is 11.1. The highest BCUT2D eigenvalue weighted by molar-refractivity contribution is 5.90. The summed E-state index contributed by atoms with van der Waals surface area (Å²) in [5.74, 6) is 0. The van der Waals surface area contributed by atoms with Gasteiger partial charge in [-0.2, -0.15) is 0 Å². The van der Waals surface area contributed by atoms with E-state index < -0.39 is 0 Å². The number of rotatable bonds is 6. The molecule has 1 heteroatoms. The number of nitrogens with zero attached hydrogens (tertiary/aromatic N) is 1. The van der Waals surface area contributed by atoms with Gasteiger partial charge in [-0.05, 0) is 89.0 Å². The predicted molar refractivity (Wildman–Crippen MR) is 172 cm³/mol. The molecule has 0 saturated heterocycles. The molecule has 0 atom stereocenters. The fourth-order valence-corrected chi connectivity index (χ4v) is 5.78. The van der Waals surface area contributed by atoms with Crippen molar-refractivity contribution in [1.29, 1.82) is 0 Å². The summed E-state index contributed by atoms with van der Waals surface area (Å²) < 4.78 is 0. The van der Waals surface area contributed by atoms with E-state index >= 15 is 0 Å². The second-order valence-corrected chi connectivity index (χ2v) is 10.3. The normalized spacial score (nSPS) is 10.9. The molecule has 6 aromatic carbocycles. The summed E-state index contributed by atoms with van der Waals surface area (Å²) in [5, 5.41) is 0. The number of hydrogen-bond donors (Lipinski definition) is 0. The van der Waals surface area contributed by atoms with Gasteiger partial charge in [0, 0.05) is 17.1 Å². The van der Waals surface area contributed by atoms with Crippen molar-refractivity contribution in [3.05, 3.63) is 162 Å². The first-order valence-electron chi connectivity index (χ1n) is 13.9. The van der Waals surface area contributed by atoms with E-state index in [0.717, 1.165) is 0 Å². The van der Waals surface area contributed by atoms with Crippen LogP contribution in [0.2, 0.25) is 0 Å². The third kappa shape index (κ3) is 4.72. The van der Waals surface area contributed by atoms with Gasteiger partial charge in [-0.3, -0.25) is 0 Å². The lowest BCUT2D eigenvalue weighted by molar-refractivity contribution is 1.21. The Labute approximate surface area is 238 Å². The molecule has 0 spiro atoms. The topological polar surface area (TPSA) is 3.24 Å². The van der Waals surface area contributed by atoms with Gasteiger partial charge in [-0.1, -0.05) is 127 Å². The van der Waals surface area contributed by atoms with E-state index in [2.05, 4.69) is 171 Å². The molecule has 0 aliphatic carbocycles. The average Bonchev–Trinajstić information content (AvgIpc) is 3.01. The van der Waals surface area contributed by atoms with Gasteiger partial charge in [0.1, 0.15) is 0 Å². The SMILES string of the molecule is Cc1c(-c2ccccc2)cccc1N(c1cccc(-c2ccccc2)c1C)c1cccc(-c2ccccc2)c1C. The van der Waals surface area contributed by atoms with Crippen LogP contribution in [0.1, 0.15) is 16.7 Å². The van der Waals surface area contributed by atoms with E-state index in [0.29, 0.717) is 0 Å². The molecule has 194 valence electrons. The van der Waals surface area contributed by atoms with Crippen LogP contribution in [0.15, 0.2) is 146 Å². The van der Waals surface area contributed by atoms with E-state index in [4.69, 9.17) is 0 Å². The molecule has 0 aliphatic rings. The second-order valence-electron chi connectivity index (χ2n) is 10.3. The van der Waals surface area contributed by atoms with Crippen molar-refractivity contribution in [2.75, 3.05) is 4.90 Å². The number of anilines is 3. The van der Waals surface area contributed by atoms with Crippen molar-refractivity contribution in [2.45, 2.75) is 20.8 Å². The molecule has 0 heterocycles. The first-order valence-corrected chi connectivity index (χ1v) is 13.9. The van der Waals surface area contributed by atoms with Crippen LogP contribution in [0.25, 0.3) is 33.4 Å². The highest BCUT2D eigenvalue weighted by Crippen LogP contribution is 2.45. The summed E-state index contributed by atoms with van der Waals surface area (Å²) in [6.45, 7) is 6.74. The third-order valence-electron chi connectivity index (χ3n) is 7.89. The molecule has 0 unspecified atom stereocenters. The van der Waals surface area contributed by atoms with Gasteiger partial charge in [-0.25, -0.2) is 0 Å². The molecule has 0 aromatic heterocycles. The summed E-state index contributed by atoms with van der Waals surface area (Å²) in [6.07, 6.45) is 0. The zero-order valence-electron chi connectivity index (χ0n) is 23.3. The van der Waals surface area contributed by atoms with Crippen molar-refractivity contribution in [2.24, 2.45) is 0 Å². The van der Waals surface area contributed by atoms with Crippen LogP contribution in [-0.2, 0) is 0 Å². The minimum Gasteiger partial charge on any atom is -0.310 e. The Morgan fingerprint density at radius 1 is 0.300 bits per heavy atom. The Balaban J connectivity index is 1.61. The minimum absolute atomic E-state index is 1.18.